The first-order valence-electron chi connectivity index (χ1n) is 7.37. The lowest BCUT2D eigenvalue weighted by Crippen LogP contribution is -2.54. The number of rotatable bonds is 9. The molecule has 7 heteroatoms. The van der Waals surface area contributed by atoms with Crippen LogP contribution in [0.4, 0.5) is 8.78 Å². The van der Waals surface area contributed by atoms with Crippen LogP contribution < -0.4 is 5.73 Å². The lowest BCUT2D eigenvalue weighted by atomic mass is 9.95. The molecule has 0 aliphatic carbocycles. The normalized spacial score (nSPS) is 14.7. The summed E-state index contributed by atoms with van der Waals surface area (Å²) in [5.74, 6) is -1.45. The Labute approximate surface area is 134 Å². The monoisotopic (exact) mass is 329 g/mol. The van der Waals surface area contributed by atoms with E-state index >= 15 is 0 Å². The summed E-state index contributed by atoms with van der Waals surface area (Å²) in [5.41, 5.74) is 3.86. The zero-order chi connectivity index (χ0) is 17.5. The Balaban J connectivity index is 2.39. The van der Waals surface area contributed by atoms with Crippen LogP contribution in [-0.4, -0.2) is 52.5 Å². The molecule has 0 saturated carbocycles. The number of aryl methyl sites for hydroxylation is 1. The molecule has 0 aliphatic heterocycles. The molecule has 0 aromatic heterocycles. The zero-order valence-corrected chi connectivity index (χ0v) is 13.1. The second-order valence-corrected chi connectivity index (χ2v) is 5.62. The molecule has 1 atom stereocenters. The van der Waals surface area contributed by atoms with Gasteiger partial charge >= 0.3 is 5.97 Å². The van der Waals surface area contributed by atoms with E-state index in [2.05, 4.69) is 0 Å². The number of phenols is 1. The minimum absolute atomic E-state index is 0.220. The van der Waals surface area contributed by atoms with E-state index in [1.807, 2.05) is 22.9 Å². The van der Waals surface area contributed by atoms with Gasteiger partial charge in [-0.2, -0.15) is 0 Å². The fourth-order valence-corrected chi connectivity index (χ4v) is 2.14. The quantitative estimate of drug-likeness (QED) is 0.477. The summed E-state index contributed by atoms with van der Waals surface area (Å²) in [6.45, 7) is 0.453. The van der Waals surface area contributed by atoms with E-state index in [9.17, 15) is 18.7 Å². The van der Waals surface area contributed by atoms with Crippen molar-refractivity contribution in [2.45, 2.75) is 37.6 Å². The SMILES string of the molecule is C[N+](=CCCc1ccc(O)cc1)CCCC(N)(C(=O)O)C(F)F. The summed E-state index contributed by atoms with van der Waals surface area (Å²) in [7, 11) is 1.80. The molecule has 0 spiro atoms. The van der Waals surface area contributed by atoms with Crippen LogP contribution in [0.3, 0.4) is 0 Å². The van der Waals surface area contributed by atoms with Crippen LogP contribution in [0, 0.1) is 0 Å². The minimum atomic E-state index is -3.09. The Morgan fingerprint density at radius 2 is 2.00 bits per heavy atom. The number of alkyl halides is 2. The van der Waals surface area contributed by atoms with Crippen molar-refractivity contribution in [3.05, 3.63) is 29.8 Å². The van der Waals surface area contributed by atoms with Gasteiger partial charge in [-0.25, -0.2) is 18.2 Å². The predicted octanol–water partition coefficient (Wildman–Crippen LogP) is 1.87. The van der Waals surface area contributed by atoms with E-state index < -0.39 is 17.9 Å². The highest BCUT2D eigenvalue weighted by molar-refractivity contribution is 5.79. The van der Waals surface area contributed by atoms with Crippen LogP contribution in [0.1, 0.15) is 24.8 Å². The number of phenolic OH excluding ortho intramolecular Hbond substituents is 1. The number of aromatic hydroxyl groups is 1. The minimum Gasteiger partial charge on any atom is -0.508 e. The van der Waals surface area contributed by atoms with E-state index in [4.69, 9.17) is 10.8 Å². The van der Waals surface area contributed by atoms with Gasteiger partial charge in [0.1, 0.15) is 25.6 Å². The lowest BCUT2D eigenvalue weighted by molar-refractivity contribution is -0.494. The fourth-order valence-electron chi connectivity index (χ4n) is 2.14. The van der Waals surface area contributed by atoms with Gasteiger partial charge < -0.3 is 15.9 Å². The molecular weight excluding hydrogens is 306 g/mol. The largest absolute Gasteiger partial charge is 0.508 e. The molecule has 0 heterocycles. The summed E-state index contributed by atoms with van der Waals surface area (Å²) in [6.07, 6.45) is 0.355. The van der Waals surface area contributed by atoms with Gasteiger partial charge in [-0.3, -0.25) is 0 Å². The molecule has 5 nitrogen and oxygen atoms in total. The lowest BCUT2D eigenvalue weighted by Gasteiger charge is -2.22. The van der Waals surface area contributed by atoms with E-state index in [0.29, 0.717) is 6.54 Å². The van der Waals surface area contributed by atoms with Crippen molar-refractivity contribution in [1.82, 2.24) is 0 Å². The van der Waals surface area contributed by atoms with Crippen LogP contribution in [0.15, 0.2) is 24.3 Å². The van der Waals surface area contributed by atoms with Gasteiger partial charge in [-0.15, -0.1) is 0 Å². The van der Waals surface area contributed by atoms with E-state index in [0.717, 1.165) is 18.4 Å². The topological polar surface area (TPSA) is 86.6 Å². The van der Waals surface area contributed by atoms with Gasteiger partial charge in [0.25, 0.3) is 6.43 Å². The maximum atomic E-state index is 12.7. The molecule has 1 aromatic carbocycles. The number of carbonyl (C=O) groups is 1. The number of hydrogen-bond donors (Lipinski definition) is 3. The van der Waals surface area contributed by atoms with Crippen LogP contribution in [0.5, 0.6) is 5.75 Å². The van der Waals surface area contributed by atoms with Crippen molar-refractivity contribution in [2.75, 3.05) is 13.6 Å². The van der Waals surface area contributed by atoms with Crippen molar-refractivity contribution >= 4 is 12.2 Å². The Kier molecular flexibility index (Phi) is 7.09. The number of nitrogens with zero attached hydrogens (tertiary/aromatic N) is 1. The molecule has 1 aromatic rings. The van der Waals surface area contributed by atoms with Gasteiger partial charge in [-0.1, -0.05) is 12.1 Å². The van der Waals surface area contributed by atoms with Gasteiger partial charge in [0, 0.05) is 12.8 Å². The number of carboxylic acids is 1. The average Bonchev–Trinajstić information content (AvgIpc) is 2.48. The summed E-state index contributed by atoms with van der Waals surface area (Å²) in [5, 5.41) is 18.0. The second-order valence-electron chi connectivity index (χ2n) is 5.62. The van der Waals surface area contributed by atoms with Crippen molar-refractivity contribution in [3.63, 3.8) is 0 Å². The van der Waals surface area contributed by atoms with Crippen LogP contribution in [-0.2, 0) is 11.2 Å². The highest BCUT2D eigenvalue weighted by atomic mass is 19.3. The number of halogens is 2. The van der Waals surface area contributed by atoms with Gasteiger partial charge in [0.2, 0.25) is 0 Å². The van der Waals surface area contributed by atoms with Crippen molar-refractivity contribution in [3.8, 4) is 5.75 Å². The van der Waals surface area contributed by atoms with Crippen LogP contribution >= 0.6 is 0 Å². The average molecular weight is 329 g/mol. The summed E-state index contributed by atoms with van der Waals surface area (Å²) >= 11 is 0. The Hall–Kier alpha value is -2.02. The molecule has 1 rings (SSSR count). The Bertz CT molecular complexity index is 547. The van der Waals surface area contributed by atoms with Crippen molar-refractivity contribution in [2.24, 2.45) is 5.73 Å². The van der Waals surface area contributed by atoms with E-state index in [1.54, 1.807) is 19.2 Å². The third-order valence-corrected chi connectivity index (χ3v) is 3.70. The number of benzene rings is 1. The zero-order valence-electron chi connectivity index (χ0n) is 13.1. The van der Waals surface area contributed by atoms with Gasteiger partial charge in [0.15, 0.2) is 5.54 Å². The molecule has 4 N–H and O–H groups in total. The van der Waals surface area contributed by atoms with E-state index in [1.165, 1.54) is 0 Å². The molecule has 0 amide bonds. The molecule has 0 fully saturated rings. The third kappa shape index (κ3) is 5.94. The smallest absolute Gasteiger partial charge is 0.329 e. The highest BCUT2D eigenvalue weighted by Crippen LogP contribution is 2.19. The number of nitrogens with two attached hydrogens (primary N) is 1. The molecule has 0 saturated heterocycles. The molecule has 128 valence electrons. The van der Waals surface area contributed by atoms with Crippen molar-refractivity contribution in [1.29, 1.82) is 0 Å². The fraction of sp³-hybridized carbons (Fsp3) is 0.500. The first kappa shape index (κ1) is 19.0. The third-order valence-electron chi connectivity index (χ3n) is 3.70. The van der Waals surface area contributed by atoms with Crippen molar-refractivity contribution < 1.29 is 28.4 Å². The standard InChI is InChI=1S/C16H22F2N2O3/c1-20(10-2-4-12-5-7-13(21)8-6-12)11-3-9-16(19,14(17)18)15(22)23/h5-8,10,14H,2-4,9,11,19H2,1H3,(H-,21,22,23)/p+1. The molecule has 23 heavy (non-hydrogen) atoms. The molecular formula is C16H23F2N2O3+. The maximum Gasteiger partial charge on any atom is 0.329 e. The summed E-state index contributed by atoms with van der Waals surface area (Å²) in [4.78, 5) is 10.8. The Morgan fingerprint density at radius 3 is 2.52 bits per heavy atom. The van der Waals surface area contributed by atoms with Gasteiger partial charge in [0.05, 0.1) is 0 Å². The number of aliphatic carboxylic acids is 1. The molecule has 1 unspecified atom stereocenters. The van der Waals surface area contributed by atoms with E-state index in [-0.39, 0.29) is 18.6 Å². The first-order valence-corrected chi connectivity index (χ1v) is 7.37. The molecule has 0 radical (unpaired) electrons. The summed E-state index contributed by atoms with van der Waals surface area (Å²) in [6, 6.07) is 6.91. The molecule has 0 aliphatic rings. The second kappa shape index (κ2) is 8.57. The first-order chi connectivity index (χ1) is 10.8. The maximum absolute atomic E-state index is 12.7. The van der Waals surface area contributed by atoms with Crippen LogP contribution in [0.2, 0.25) is 0 Å². The van der Waals surface area contributed by atoms with Crippen LogP contribution in [0.25, 0.3) is 0 Å². The number of hydrogen-bond acceptors (Lipinski definition) is 3. The molecule has 0 bridgehead atoms. The van der Waals surface area contributed by atoms with Gasteiger partial charge in [-0.05, 0) is 30.5 Å². The summed E-state index contributed by atoms with van der Waals surface area (Å²) < 4.78 is 27.3. The predicted molar refractivity (Wildman–Crippen MR) is 83.3 cm³/mol. The number of carboxylic acid groups (broad SMARTS) is 1. The Morgan fingerprint density at radius 1 is 1.39 bits per heavy atom. The highest BCUT2D eigenvalue weighted by Gasteiger charge is 2.43.